The van der Waals surface area contributed by atoms with E-state index in [-0.39, 0.29) is 10.8 Å². The molecule has 4 heteroatoms. The van der Waals surface area contributed by atoms with Crippen molar-refractivity contribution < 1.29 is 13.5 Å². The molecule has 0 amide bonds. The van der Waals surface area contributed by atoms with Crippen LogP contribution in [0.15, 0.2) is 23.1 Å². The molecule has 3 nitrogen and oxygen atoms in total. The summed E-state index contributed by atoms with van der Waals surface area (Å²) in [6, 6.07) is 5.75. The first-order chi connectivity index (χ1) is 12.1. The molecule has 1 atom stereocenters. The average molecular weight is 383 g/mol. The molecule has 0 aliphatic rings. The summed E-state index contributed by atoms with van der Waals surface area (Å²) in [7, 11) is 0. The van der Waals surface area contributed by atoms with Crippen LogP contribution >= 0.6 is 0 Å². The molecular formula is C22H38O3S. The van der Waals surface area contributed by atoms with Crippen molar-refractivity contribution in [3.63, 3.8) is 0 Å². The monoisotopic (exact) mass is 382 g/mol. The van der Waals surface area contributed by atoms with Gasteiger partial charge in [0.25, 0.3) is 0 Å². The zero-order valence-corrected chi connectivity index (χ0v) is 18.4. The van der Waals surface area contributed by atoms with E-state index in [1.807, 2.05) is 18.2 Å². The molecule has 0 spiro atoms. The molecule has 0 heterocycles. The van der Waals surface area contributed by atoms with Gasteiger partial charge in [0, 0.05) is 0 Å². The first kappa shape index (κ1) is 23.2. The Morgan fingerprint density at radius 1 is 1.00 bits per heavy atom. The van der Waals surface area contributed by atoms with Gasteiger partial charge in [-0.05, 0) is 41.4 Å². The molecule has 0 saturated heterocycles. The molecule has 1 N–H and O–H groups in total. The Morgan fingerprint density at radius 3 is 2.19 bits per heavy atom. The topological polar surface area (TPSA) is 46.5 Å². The van der Waals surface area contributed by atoms with Crippen LogP contribution in [0.1, 0.15) is 92.1 Å². The summed E-state index contributed by atoms with van der Waals surface area (Å²) in [5, 5.41) is 0. The second-order valence-corrected chi connectivity index (χ2v) is 10.1. The SMILES string of the molecule is CCCCCCCCOc1ccc(C(C)(C)CC(C)(C)C)cc1S(=O)O. The fourth-order valence-corrected chi connectivity index (χ4v) is 4.20. The zero-order chi connectivity index (χ0) is 19.8. The summed E-state index contributed by atoms with van der Waals surface area (Å²) < 4.78 is 27.4. The predicted octanol–water partition coefficient (Wildman–Crippen LogP) is 6.72. The molecule has 0 saturated carbocycles. The summed E-state index contributed by atoms with van der Waals surface area (Å²) in [6.45, 7) is 13.9. The number of rotatable bonds is 11. The Kier molecular flexibility index (Phi) is 9.32. The number of unbranched alkanes of at least 4 members (excludes halogenated alkanes) is 5. The lowest BCUT2D eigenvalue weighted by Crippen LogP contribution is -2.25. The van der Waals surface area contributed by atoms with Gasteiger partial charge < -0.3 is 9.29 Å². The zero-order valence-electron chi connectivity index (χ0n) is 17.6. The van der Waals surface area contributed by atoms with Gasteiger partial charge in [-0.15, -0.1) is 0 Å². The number of ether oxygens (including phenoxy) is 1. The Bertz CT molecular complexity index is 573. The third-order valence-corrected chi connectivity index (χ3v) is 5.34. The van der Waals surface area contributed by atoms with E-state index >= 15 is 0 Å². The molecule has 26 heavy (non-hydrogen) atoms. The van der Waals surface area contributed by atoms with E-state index in [0.717, 1.165) is 24.8 Å². The lowest BCUT2D eigenvalue weighted by Gasteiger charge is -2.33. The summed E-state index contributed by atoms with van der Waals surface area (Å²) in [5.74, 6) is 0.537. The van der Waals surface area contributed by atoms with Crippen LogP contribution < -0.4 is 4.74 Å². The van der Waals surface area contributed by atoms with Gasteiger partial charge in [-0.3, -0.25) is 0 Å². The average Bonchev–Trinajstić information content (AvgIpc) is 2.51. The molecule has 1 rings (SSSR count). The van der Waals surface area contributed by atoms with Crippen molar-refractivity contribution in [3.8, 4) is 5.75 Å². The summed E-state index contributed by atoms with van der Waals surface area (Å²) >= 11 is -2.05. The smallest absolute Gasteiger partial charge is 0.190 e. The highest BCUT2D eigenvalue weighted by Gasteiger charge is 2.28. The Labute approximate surface area is 163 Å². The second-order valence-electron chi connectivity index (χ2n) is 9.15. The van der Waals surface area contributed by atoms with Crippen molar-refractivity contribution in [2.24, 2.45) is 5.41 Å². The summed E-state index contributed by atoms with van der Waals surface area (Å²) in [6.07, 6.45) is 8.18. The molecule has 0 aromatic heterocycles. The number of hydrogen-bond acceptors (Lipinski definition) is 2. The van der Waals surface area contributed by atoms with Crippen molar-refractivity contribution in [1.29, 1.82) is 0 Å². The van der Waals surface area contributed by atoms with Gasteiger partial charge in [0.05, 0.1) is 6.61 Å². The molecule has 0 aliphatic heterocycles. The quantitative estimate of drug-likeness (QED) is 0.341. The second kappa shape index (κ2) is 10.5. The minimum absolute atomic E-state index is 0.0653. The van der Waals surface area contributed by atoms with Gasteiger partial charge in [0.2, 0.25) is 0 Å². The normalized spacial score (nSPS) is 13.7. The van der Waals surface area contributed by atoms with Gasteiger partial charge in [-0.2, -0.15) is 0 Å². The maximum atomic E-state index is 11.8. The highest BCUT2D eigenvalue weighted by atomic mass is 32.2. The molecular weight excluding hydrogens is 344 g/mol. The van der Waals surface area contributed by atoms with Crippen LogP contribution in [0, 0.1) is 5.41 Å². The Hall–Kier alpha value is -0.870. The van der Waals surface area contributed by atoms with Crippen molar-refractivity contribution in [2.75, 3.05) is 6.61 Å². The lowest BCUT2D eigenvalue weighted by molar-refractivity contribution is 0.281. The van der Waals surface area contributed by atoms with E-state index in [9.17, 15) is 8.76 Å². The largest absolute Gasteiger partial charge is 0.492 e. The van der Waals surface area contributed by atoms with Crippen molar-refractivity contribution >= 4 is 11.1 Å². The van der Waals surface area contributed by atoms with Gasteiger partial charge >= 0.3 is 0 Å². The lowest BCUT2D eigenvalue weighted by atomic mass is 9.72. The standard InChI is InChI=1S/C22H38O3S/c1-7-8-9-10-11-12-15-25-19-14-13-18(16-20(19)26(23)24)22(5,6)17-21(2,3)4/h13-14,16H,7-12,15,17H2,1-6H3,(H,23,24). The Morgan fingerprint density at radius 2 is 1.62 bits per heavy atom. The van der Waals surface area contributed by atoms with E-state index < -0.39 is 11.1 Å². The molecule has 0 fully saturated rings. The van der Waals surface area contributed by atoms with E-state index in [0.29, 0.717) is 17.3 Å². The Balaban J connectivity index is 2.75. The fraction of sp³-hybridized carbons (Fsp3) is 0.727. The van der Waals surface area contributed by atoms with Crippen LogP contribution in [0.4, 0.5) is 0 Å². The highest BCUT2D eigenvalue weighted by molar-refractivity contribution is 7.79. The first-order valence-electron chi connectivity index (χ1n) is 9.95. The van der Waals surface area contributed by atoms with Gasteiger partial charge in [0.15, 0.2) is 11.1 Å². The predicted molar refractivity (Wildman–Crippen MR) is 111 cm³/mol. The number of hydrogen-bond donors (Lipinski definition) is 1. The van der Waals surface area contributed by atoms with Gasteiger partial charge in [-0.1, -0.05) is 79.7 Å². The van der Waals surface area contributed by atoms with E-state index in [1.54, 1.807) is 0 Å². The number of benzene rings is 1. The highest BCUT2D eigenvalue weighted by Crippen LogP contribution is 2.38. The molecule has 0 radical (unpaired) electrons. The molecule has 0 bridgehead atoms. The van der Waals surface area contributed by atoms with Crippen LogP contribution in [0.2, 0.25) is 0 Å². The van der Waals surface area contributed by atoms with Crippen molar-refractivity contribution in [2.45, 2.75) is 96.8 Å². The van der Waals surface area contributed by atoms with Crippen LogP contribution in [0.3, 0.4) is 0 Å². The third kappa shape index (κ3) is 8.22. The molecule has 150 valence electrons. The summed E-state index contributed by atoms with van der Waals surface area (Å²) in [5.41, 5.74) is 1.20. The fourth-order valence-electron chi connectivity index (χ4n) is 3.68. The van der Waals surface area contributed by atoms with Gasteiger partial charge in [0.1, 0.15) is 10.6 Å². The molecule has 1 aromatic carbocycles. The molecule has 1 unspecified atom stereocenters. The summed E-state index contributed by atoms with van der Waals surface area (Å²) in [4.78, 5) is 0.385. The third-order valence-electron chi connectivity index (χ3n) is 4.64. The van der Waals surface area contributed by atoms with E-state index in [1.165, 1.54) is 25.7 Å². The van der Waals surface area contributed by atoms with Gasteiger partial charge in [-0.25, -0.2) is 4.21 Å². The maximum absolute atomic E-state index is 11.8. The van der Waals surface area contributed by atoms with Crippen molar-refractivity contribution in [1.82, 2.24) is 0 Å². The minimum atomic E-state index is -2.05. The van der Waals surface area contributed by atoms with E-state index in [4.69, 9.17) is 4.74 Å². The first-order valence-corrected chi connectivity index (χ1v) is 11.1. The van der Waals surface area contributed by atoms with E-state index in [2.05, 4.69) is 41.5 Å². The molecule has 1 aromatic rings. The maximum Gasteiger partial charge on any atom is 0.190 e. The van der Waals surface area contributed by atoms with Crippen LogP contribution in [-0.4, -0.2) is 15.4 Å². The molecule has 0 aliphatic carbocycles. The van der Waals surface area contributed by atoms with Crippen LogP contribution in [0.25, 0.3) is 0 Å². The van der Waals surface area contributed by atoms with Crippen molar-refractivity contribution in [3.05, 3.63) is 23.8 Å². The van der Waals surface area contributed by atoms with Crippen LogP contribution in [-0.2, 0) is 16.5 Å². The van der Waals surface area contributed by atoms with Crippen LogP contribution in [0.5, 0.6) is 5.75 Å². The minimum Gasteiger partial charge on any atom is -0.492 e.